The summed E-state index contributed by atoms with van der Waals surface area (Å²) in [6.07, 6.45) is 1.89. The van der Waals surface area contributed by atoms with Crippen molar-refractivity contribution in [1.82, 2.24) is 19.5 Å². The van der Waals surface area contributed by atoms with Crippen LogP contribution in [0, 0.1) is 25.9 Å². The van der Waals surface area contributed by atoms with E-state index in [0.717, 1.165) is 89.2 Å². The maximum Gasteiger partial charge on any atom is 0.216 e. The number of para-hydroxylation sites is 2. The summed E-state index contributed by atoms with van der Waals surface area (Å²) in [5, 5.41) is 3.17. The predicted molar refractivity (Wildman–Crippen MR) is 275 cm³/mol. The molecule has 0 saturated heterocycles. The van der Waals surface area contributed by atoms with E-state index in [1.165, 1.54) is 16.8 Å². The molecule has 0 aliphatic heterocycles. The van der Waals surface area contributed by atoms with Gasteiger partial charge in [-0.05, 0) is 82.2 Å². The van der Waals surface area contributed by atoms with Crippen molar-refractivity contribution in [2.24, 2.45) is 0 Å². The van der Waals surface area contributed by atoms with Gasteiger partial charge in [0.25, 0.3) is 0 Å². The quantitative estimate of drug-likeness (QED) is 0.118. The predicted octanol–water partition coefficient (Wildman–Crippen LogP) is 15.3. The zero-order valence-corrected chi connectivity index (χ0v) is 42.4. The van der Waals surface area contributed by atoms with Crippen molar-refractivity contribution in [2.45, 2.75) is 79.3 Å². The average Bonchev–Trinajstić information content (AvgIpc) is 3.89. The third-order valence-corrected chi connectivity index (χ3v) is 13.9. The Kier molecular flexibility index (Phi) is 11.6. The third-order valence-electron chi connectivity index (χ3n) is 11.9. The fourth-order valence-corrected chi connectivity index (χ4v) is 10.1. The fraction of sp³-hybridized carbons (Fsp3) is 0.203. The van der Waals surface area contributed by atoms with Gasteiger partial charge in [0.1, 0.15) is 0 Å². The first-order valence-electron chi connectivity index (χ1n) is 24.2. The second kappa shape index (κ2) is 18.6. The first-order valence-corrected chi connectivity index (χ1v) is 25.7. The van der Waals surface area contributed by atoms with Gasteiger partial charge in [-0.2, -0.15) is 0 Å². The molecule has 0 aliphatic rings. The van der Waals surface area contributed by atoms with E-state index in [2.05, 4.69) is 165 Å². The van der Waals surface area contributed by atoms with Crippen molar-refractivity contribution < 1.29 is 30.0 Å². The Morgan fingerprint density at radius 3 is 2.03 bits per heavy atom. The molecule has 6 aromatic carbocycles. The summed E-state index contributed by atoms with van der Waals surface area (Å²) in [6.45, 7) is 17.2. The number of benzene rings is 6. The number of imidazole rings is 1. The van der Waals surface area contributed by atoms with E-state index in [1.54, 1.807) is 12.1 Å². The molecule has 4 aromatic heterocycles. The minimum Gasteiger partial charge on any atom is -0.486 e. The van der Waals surface area contributed by atoms with Crippen LogP contribution in [0.25, 0.3) is 83.7 Å². The van der Waals surface area contributed by atoms with Crippen molar-refractivity contribution in [3.05, 3.63) is 186 Å². The third kappa shape index (κ3) is 9.13. The summed E-state index contributed by atoms with van der Waals surface area (Å²) in [7, 11) is -1.61. The molecule has 0 atom stereocenters. The number of furan rings is 1. The molecule has 0 N–H and O–H groups in total. The molecule has 7 heteroatoms. The van der Waals surface area contributed by atoms with E-state index in [0.29, 0.717) is 5.71 Å². The van der Waals surface area contributed by atoms with Crippen molar-refractivity contribution in [1.29, 1.82) is 0 Å². The summed E-state index contributed by atoms with van der Waals surface area (Å²) >= 11 is 0. The summed E-state index contributed by atoms with van der Waals surface area (Å²) in [6, 6.07) is 55.9. The summed E-state index contributed by atoms with van der Waals surface area (Å²) < 4.78 is 39.6. The minimum atomic E-state index is -2.13. The molecular formula is C59H56IrN4OSi-2. The van der Waals surface area contributed by atoms with Gasteiger partial charge in [-0.3, -0.25) is 4.98 Å². The number of hydrogen-bond acceptors (Lipinski definition) is 4. The van der Waals surface area contributed by atoms with Gasteiger partial charge in [-0.1, -0.05) is 156 Å². The molecule has 0 spiro atoms. The second-order valence-corrected chi connectivity index (χ2v) is 24.1. The zero-order valence-electron chi connectivity index (χ0n) is 43.0. The standard InChI is InChI=1S/C41H32N3O.C18H24NSi.Ir/c1-26-22-23-31-30-18-13-19-32(38(30)45-40(31)42-26)39-43-35-20-11-12-21-36(35)44(39)37-33(27-14-7-5-8-15-27)24-29(41(2,3)4)25-34(37)28-16-9-6-10-17-28;1-13(2)16-11-17(15-9-7-14(3)8-10-15)19-12-18(16)20(4,5)6;/h5-18,20-25H,1-4H3;7-9,11-13H,1-6H3;/q2*-1;/i;3D3,13D;. The molecule has 5 nitrogen and oxygen atoms in total. The number of nitrogens with zero attached hydrogens (tertiary/aromatic N) is 4. The Labute approximate surface area is 410 Å². The number of fused-ring (bicyclic) bond motifs is 4. The SMILES string of the molecule is Cc1ccc2c(n1)oc1c(-c3nc4ccccc4n3-c3c(-c4ccccc4)cc(C(C)(C)C)cc3-c3ccccc3)[c-]ccc12.[2H]C([2H])([2H])c1c[c-]c(-c2cc(C([2H])(C)C)c([Si](C)(C)C)cn2)cc1.[Ir]. The molecule has 0 bridgehead atoms. The van der Waals surface area contributed by atoms with E-state index < -0.39 is 20.8 Å². The molecule has 333 valence electrons. The van der Waals surface area contributed by atoms with E-state index in [4.69, 9.17) is 19.9 Å². The molecule has 0 saturated carbocycles. The Hall–Kier alpha value is -6.24. The van der Waals surface area contributed by atoms with Crippen LogP contribution in [-0.4, -0.2) is 27.6 Å². The molecule has 0 unspecified atom stereocenters. The largest absolute Gasteiger partial charge is 0.486 e. The van der Waals surface area contributed by atoms with Crippen molar-refractivity contribution in [2.75, 3.05) is 0 Å². The first kappa shape index (κ1) is 41.2. The van der Waals surface area contributed by atoms with Gasteiger partial charge >= 0.3 is 0 Å². The van der Waals surface area contributed by atoms with Crippen LogP contribution in [0.1, 0.15) is 68.4 Å². The van der Waals surface area contributed by atoms with Crippen LogP contribution < -0.4 is 5.19 Å². The first-order chi connectivity index (χ1) is 32.7. The van der Waals surface area contributed by atoms with Crippen LogP contribution in [0.3, 0.4) is 0 Å². The molecule has 0 fully saturated rings. The van der Waals surface area contributed by atoms with Crippen molar-refractivity contribution in [3.8, 4) is 50.6 Å². The topological polar surface area (TPSA) is 56.7 Å². The molecular weight excluding hydrogens is 1000 g/mol. The number of rotatable bonds is 7. The van der Waals surface area contributed by atoms with Crippen LogP contribution in [0.2, 0.25) is 19.6 Å². The Morgan fingerprint density at radius 2 is 1.42 bits per heavy atom. The number of aromatic nitrogens is 4. The van der Waals surface area contributed by atoms with Crippen LogP contribution in [-0.2, 0) is 25.5 Å². The van der Waals surface area contributed by atoms with E-state index in [1.807, 2.05) is 51.2 Å². The summed E-state index contributed by atoms with van der Waals surface area (Å²) in [5.41, 5.74) is 14.6. The van der Waals surface area contributed by atoms with Crippen LogP contribution in [0.4, 0.5) is 0 Å². The Balaban J connectivity index is 0.000000224. The second-order valence-electron chi connectivity index (χ2n) is 19.0. The Morgan fingerprint density at radius 1 is 0.758 bits per heavy atom. The zero-order chi connectivity index (χ0) is 49.0. The maximum absolute atomic E-state index is 8.48. The number of aryl methyl sites for hydroxylation is 2. The molecule has 10 aromatic rings. The van der Waals surface area contributed by atoms with Crippen LogP contribution in [0.5, 0.6) is 0 Å². The van der Waals surface area contributed by atoms with Crippen molar-refractivity contribution >= 4 is 46.4 Å². The Bertz CT molecular complexity index is 3430. The van der Waals surface area contributed by atoms with Gasteiger partial charge in [0, 0.05) is 54.0 Å². The van der Waals surface area contributed by atoms with Gasteiger partial charge in [0.15, 0.2) is 0 Å². The smallest absolute Gasteiger partial charge is 0.216 e. The number of hydrogen-bond donors (Lipinski definition) is 0. The molecule has 4 heterocycles. The van der Waals surface area contributed by atoms with Gasteiger partial charge in [0.05, 0.1) is 36.2 Å². The molecule has 10 rings (SSSR count). The van der Waals surface area contributed by atoms with E-state index in [-0.39, 0.29) is 31.1 Å². The van der Waals surface area contributed by atoms with E-state index in [9.17, 15) is 0 Å². The molecule has 1 radical (unpaired) electrons. The monoisotopic (exact) mass is 1060 g/mol. The van der Waals surface area contributed by atoms with Crippen LogP contribution >= 0.6 is 0 Å². The van der Waals surface area contributed by atoms with Crippen molar-refractivity contribution in [3.63, 3.8) is 0 Å². The molecule has 66 heavy (non-hydrogen) atoms. The van der Waals surface area contributed by atoms with Gasteiger partial charge in [0.2, 0.25) is 5.71 Å². The van der Waals surface area contributed by atoms with Gasteiger partial charge in [-0.25, -0.2) is 4.98 Å². The number of pyridine rings is 2. The van der Waals surface area contributed by atoms with Crippen LogP contribution in [0.15, 0.2) is 156 Å². The molecule has 0 amide bonds. The van der Waals surface area contributed by atoms with Gasteiger partial charge in [-0.15, -0.1) is 53.6 Å². The fourth-order valence-electron chi connectivity index (χ4n) is 8.48. The average molecular weight is 1060 g/mol. The normalized spacial score (nSPS) is 13.0. The summed E-state index contributed by atoms with van der Waals surface area (Å²) in [5.74, 6) is 0.0572. The van der Waals surface area contributed by atoms with Gasteiger partial charge < -0.3 is 14.0 Å². The summed E-state index contributed by atoms with van der Waals surface area (Å²) in [4.78, 5) is 14.6. The minimum absolute atomic E-state index is 0. The van der Waals surface area contributed by atoms with E-state index >= 15 is 0 Å². The molecule has 0 aliphatic carbocycles. The maximum atomic E-state index is 8.48.